The standard InChI is InChI=1S/C17H16N2O2/c1-13(15-7-5-6-14(10-15)11-18)19(12-17(20)21)16-8-3-2-4-9-16/h2-10,13H,12H2,1H3,(H,20,21). The van der Waals surface area contributed by atoms with Gasteiger partial charge >= 0.3 is 5.97 Å². The summed E-state index contributed by atoms with van der Waals surface area (Å²) in [4.78, 5) is 13.0. The minimum atomic E-state index is -0.887. The highest BCUT2D eigenvalue weighted by atomic mass is 16.4. The summed E-state index contributed by atoms with van der Waals surface area (Å²) in [7, 11) is 0. The van der Waals surface area contributed by atoms with Gasteiger partial charge in [-0.15, -0.1) is 0 Å². The molecule has 106 valence electrons. The van der Waals surface area contributed by atoms with Crippen molar-refractivity contribution in [1.29, 1.82) is 5.26 Å². The summed E-state index contributed by atoms with van der Waals surface area (Å²) in [5.74, 6) is -0.887. The highest BCUT2D eigenvalue weighted by Crippen LogP contribution is 2.26. The summed E-state index contributed by atoms with van der Waals surface area (Å²) in [6.07, 6.45) is 0. The maximum Gasteiger partial charge on any atom is 0.323 e. The first-order valence-electron chi connectivity index (χ1n) is 6.65. The second-order valence-electron chi connectivity index (χ2n) is 4.77. The Bertz CT molecular complexity index is 662. The van der Waals surface area contributed by atoms with Gasteiger partial charge in [-0.25, -0.2) is 0 Å². The van der Waals surface area contributed by atoms with Gasteiger partial charge in [-0.2, -0.15) is 5.26 Å². The molecular weight excluding hydrogens is 264 g/mol. The Morgan fingerprint density at radius 1 is 1.24 bits per heavy atom. The van der Waals surface area contributed by atoms with Gasteiger partial charge in [-0.3, -0.25) is 4.79 Å². The van der Waals surface area contributed by atoms with Crippen LogP contribution in [0.3, 0.4) is 0 Å². The Morgan fingerprint density at radius 3 is 2.57 bits per heavy atom. The van der Waals surface area contributed by atoms with Gasteiger partial charge in [0.15, 0.2) is 0 Å². The van der Waals surface area contributed by atoms with E-state index in [1.54, 1.807) is 17.0 Å². The Labute approximate surface area is 123 Å². The van der Waals surface area contributed by atoms with Gasteiger partial charge in [0.2, 0.25) is 0 Å². The van der Waals surface area contributed by atoms with E-state index in [1.807, 2.05) is 49.4 Å². The van der Waals surface area contributed by atoms with E-state index in [0.29, 0.717) is 5.56 Å². The van der Waals surface area contributed by atoms with Crippen molar-refractivity contribution >= 4 is 11.7 Å². The van der Waals surface area contributed by atoms with Crippen molar-refractivity contribution < 1.29 is 9.90 Å². The molecule has 0 aliphatic heterocycles. The van der Waals surface area contributed by atoms with Crippen molar-refractivity contribution in [2.75, 3.05) is 11.4 Å². The first-order chi connectivity index (χ1) is 10.1. The number of hydrogen-bond donors (Lipinski definition) is 1. The van der Waals surface area contributed by atoms with Gasteiger partial charge in [0.1, 0.15) is 6.54 Å². The Morgan fingerprint density at radius 2 is 1.95 bits per heavy atom. The van der Waals surface area contributed by atoms with Crippen molar-refractivity contribution in [3.63, 3.8) is 0 Å². The Hall–Kier alpha value is -2.80. The maximum atomic E-state index is 11.1. The number of hydrogen-bond acceptors (Lipinski definition) is 3. The van der Waals surface area contributed by atoms with Gasteiger partial charge < -0.3 is 10.0 Å². The third kappa shape index (κ3) is 3.61. The zero-order valence-corrected chi connectivity index (χ0v) is 11.7. The lowest BCUT2D eigenvalue weighted by atomic mass is 10.0. The zero-order valence-electron chi connectivity index (χ0n) is 11.7. The fourth-order valence-electron chi connectivity index (χ4n) is 2.27. The van der Waals surface area contributed by atoms with E-state index in [0.717, 1.165) is 11.3 Å². The number of benzene rings is 2. The monoisotopic (exact) mass is 280 g/mol. The fourth-order valence-corrected chi connectivity index (χ4v) is 2.27. The van der Waals surface area contributed by atoms with Crippen molar-refractivity contribution in [3.05, 3.63) is 65.7 Å². The van der Waals surface area contributed by atoms with Crippen molar-refractivity contribution in [1.82, 2.24) is 0 Å². The number of carboxylic acids is 1. The van der Waals surface area contributed by atoms with E-state index >= 15 is 0 Å². The summed E-state index contributed by atoms with van der Waals surface area (Å²) in [6.45, 7) is 1.84. The van der Waals surface area contributed by atoms with Crippen LogP contribution >= 0.6 is 0 Å². The van der Waals surface area contributed by atoms with Crippen LogP contribution in [0.1, 0.15) is 24.1 Å². The molecule has 2 aromatic rings. The second-order valence-corrected chi connectivity index (χ2v) is 4.77. The van der Waals surface area contributed by atoms with Crippen LogP contribution < -0.4 is 4.90 Å². The molecule has 2 aromatic carbocycles. The van der Waals surface area contributed by atoms with E-state index in [1.165, 1.54) is 0 Å². The normalized spacial score (nSPS) is 11.4. The molecule has 4 nitrogen and oxygen atoms in total. The molecule has 1 unspecified atom stereocenters. The van der Waals surface area contributed by atoms with Crippen LogP contribution in [0.4, 0.5) is 5.69 Å². The molecule has 21 heavy (non-hydrogen) atoms. The van der Waals surface area contributed by atoms with Crippen molar-refractivity contribution in [2.45, 2.75) is 13.0 Å². The van der Waals surface area contributed by atoms with E-state index in [9.17, 15) is 4.79 Å². The van der Waals surface area contributed by atoms with Crippen LogP contribution in [0, 0.1) is 11.3 Å². The fraction of sp³-hybridized carbons (Fsp3) is 0.176. The van der Waals surface area contributed by atoms with E-state index in [4.69, 9.17) is 10.4 Å². The number of carboxylic acid groups (broad SMARTS) is 1. The van der Waals surface area contributed by atoms with Gasteiger partial charge in [-0.05, 0) is 36.8 Å². The van der Waals surface area contributed by atoms with Crippen molar-refractivity contribution in [3.8, 4) is 6.07 Å². The topological polar surface area (TPSA) is 64.3 Å². The van der Waals surface area contributed by atoms with Crippen LogP contribution in [0.2, 0.25) is 0 Å². The average molecular weight is 280 g/mol. The molecule has 0 amide bonds. The molecule has 1 N–H and O–H groups in total. The number of nitrogens with zero attached hydrogens (tertiary/aromatic N) is 2. The highest BCUT2D eigenvalue weighted by Gasteiger charge is 2.19. The van der Waals surface area contributed by atoms with Crippen LogP contribution in [0.5, 0.6) is 0 Å². The predicted molar refractivity (Wildman–Crippen MR) is 81.0 cm³/mol. The minimum absolute atomic E-state index is 0.0953. The van der Waals surface area contributed by atoms with Gasteiger partial charge in [0, 0.05) is 5.69 Å². The van der Waals surface area contributed by atoms with Gasteiger partial charge in [-0.1, -0.05) is 30.3 Å². The third-order valence-corrected chi connectivity index (χ3v) is 3.36. The highest BCUT2D eigenvalue weighted by molar-refractivity contribution is 5.74. The quantitative estimate of drug-likeness (QED) is 0.913. The average Bonchev–Trinajstić information content (AvgIpc) is 2.52. The molecule has 0 aliphatic rings. The molecule has 4 heteroatoms. The summed E-state index contributed by atoms with van der Waals surface area (Å²) in [5.41, 5.74) is 2.33. The molecule has 0 heterocycles. The molecule has 0 saturated carbocycles. The SMILES string of the molecule is CC(c1cccc(C#N)c1)N(CC(=O)O)c1ccccc1. The number of nitriles is 1. The predicted octanol–water partition coefficient (Wildman–Crippen LogP) is 3.21. The summed E-state index contributed by atoms with van der Waals surface area (Å²) >= 11 is 0. The molecule has 0 fully saturated rings. The van der Waals surface area contributed by atoms with Crippen LogP contribution in [-0.2, 0) is 4.79 Å². The molecule has 0 radical (unpaired) electrons. The zero-order chi connectivity index (χ0) is 15.2. The first-order valence-corrected chi connectivity index (χ1v) is 6.65. The molecular formula is C17H16N2O2. The lowest BCUT2D eigenvalue weighted by Crippen LogP contribution is -2.32. The number of carbonyl (C=O) groups is 1. The van der Waals surface area contributed by atoms with Crippen LogP contribution in [-0.4, -0.2) is 17.6 Å². The van der Waals surface area contributed by atoms with Crippen LogP contribution in [0.25, 0.3) is 0 Å². The van der Waals surface area contributed by atoms with Crippen LogP contribution in [0.15, 0.2) is 54.6 Å². The smallest absolute Gasteiger partial charge is 0.323 e. The van der Waals surface area contributed by atoms with Crippen molar-refractivity contribution in [2.24, 2.45) is 0 Å². The number of para-hydroxylation sites is 1. The molecule has 0 spiro atoms. The van der Waals surface area contributed by atoms with E-state index in [2.05, 4.69) is 6.07 Å². The molecule has 0 aliphatic carbocycles. The van der Waals surface area contributed by atoms with Gasteiger partial charge in [0.05, 0.1) is 17.7 Å². The minimum Gasteiger partial charge on any atom is -0.480 e. The maximum absolute atomic E-state index is 11.1. The molecule has 2 rings (SSSR count). The summed E-state index contributed by atoms with van der Waals surface area (Å²) in [5, 5.41) is 18.1. The molecule has 1 atom stereocenters. The first kappa shape index (κ1) is 14.6. The molecule has 0 aromatic heterocycles. The Kier molecular flexibility index (Phi) is 4.57. The third-order valence-electron chi connectivity index (χ3n) is 3.36. The summed E-state index contributed by atoms with van der Waals surface area (Å²) in [6, 6.07) is 18.6. The van der Waals surface area contributed by atoms with E-state index in [-0.39, 0.29) is 12.6 Å². The molecule has 0 bridgehead atoms. The second kappa shape index (κ2) is 6.58. The number of aliphatic carboxylic acids is 1. The largest absolute Gasteiger partial charge is 0.480 e. The lowest BCUT2D eigenvalue weighted by Gasteiger charge is -2.30. The number of rotatable bonds is 5. The molecule has 0 saturated heterocycles. The van der Waals surface area contributed by atoms with E-state index < -0.39 is 5.97 Å². The lowest BCUT2D eigenvalue weighted by molar-refractivity contribution is -0.135. The number of anilines is 1. The summed E-state index contributed by atoms with van der Waals surface area (Å²) < 4.78 is 0. The Balaban J connectivity index is 2.36. The van der Waals surface area contributed by atoms with Gasteiger partial charge in [0.25, 0.3) is 0 Å².